The number of ether oxygens (including phenoxy) is 2. The third-order valence-corrected chi connectivity index (χ3v) is 4.62. The van der Waals surface area contributed by atoms with Crippen molar-refractivity contribution in [2.24, 2.45) is 4.99 Å². The monoisotopic (exact) mass is 400 g/mol. The number of benzene rings is 3. The van der Waals surface area contributed by atoms with Crippen molar-refractivity contribution in [1.82, 2.24) is 0 Å². The Hall–Kier alpha value is -4.06. The first-order valence-electron chi connectivity index (χ1n) is 9.33. The number of para-hydroxylation sites is 1. The molecule has 4 aromatic rings. The van der Waals surface area contributed by atoms with E-state index in [4.69, 9.17) is 13.9 Å². The normalized spacial score (nSPS) is 11.0. The first kappa shape index (κ1) is 19.3. The topological polar surface area (TPSA) is 73.1 Å². The molecule has 1 aromatic heterocycles. The van der Waals surface area contributed by atoms with Gasteiger partial charge in [0.05, 0.1) is 25.6 Å². The summed E-state index contributed by atoms with van der Waals surface area (Å²) in [6.45, 7) is 0. The number of fused-ring (bicyclic) bond motifs is 1. The summed E-state index contributed by atoms with van der Waals surface area (Å²) >= 11 is 0. The Morgan fingerprint density at radius 2 is 1.50 bits per heavy atom. The summed E-state index contributed by atoms with van der Waals surface area (Å²) in [5.74, 6) is 1.49. The van der Waals surface area contributed by atoms with E-state index in [1.165, 1.54) is 6.21 Å². The Labute approximate surface area is 173 Å². The van der Waals surface area contributed by atoms with E-state index in [2.05, 4.69) is 10.3 Å². The largest absolute Gasteiger partial charge is 0.497 e. The molecule has 0 amide bonds. The van der Waals surface area contributed by atoms with Gasteiger partial charge < -0.3 is 19.2 Å². The van der Waals surface area contributed by atoms with Gasteiger partial charge in [-0.3, -0.25) is 4.99 Å². The lowest BCUT2D eigenvalue weighted by atomic mass is 10.1. The predicted octanol–water partition coefficient (Wildman–Crippen LogP) is 5.30. The van der Waals surface area contributed by atoms with Gasteiger partial charge in [-0.15, -0.1) is 0 Å². The third kappa shape index (κ3) is 4.03. The molecule has 0 saturated carbocycles. The van der Waals surface area contributed by atoms with Crippen molar-refractivity contribution in [3.63, 3.8) is 0 Å². The molecule has 30 heavy (non-hydrogen) atoms. The zero-order valence-corrected chi connectivity index (χ0v) is 16.6. The molecule has 0 radical (unpaired) electrons. The maximum absolute atomic E-state index is 12.7. The quantitative estimate of drug-likeness (QED) is 0.351. The highest BCUT2D eigenvalue weighted by atomic mass is 16.5. The molecule has 0 fully saturated rings. The van der Waals surface area contributed by atoms with Crippen LogP contribution in [0.4, 0.5) is 17.1 Å². The number of hydrogen-bond acceptors (Lipinski definition) is 6. The molecule has 0 bridgehead atoms. The molecule has 6 heteroatoms. The molecule has 0 spiro atoms. The van der Waals surface area contributed by atoms with Crippen molar-refractivity contribution in [1.29, 1.82) is 0 Å². The summed E-state index contributed by atoms with van der Waals surface area (Å²) in [4.78, 5) is 17.2. The van der Waals surface area contributed by atoms with Gasteiger partial charge in [-0.05, 0) is 60.7 Å². The van der Waals surface area contributed by atoms with Crippen LogP contribution in [0.5, 0.6) is 11.5 Å². The Kier molecular flexibility index (Phi) is 5.48. The van der Waals surface area contributed by atoms with Crippen LogP contribution in [-0.2, 0) is 0 Å². The lowest BCUT2D eigenvalue weighted by molar-refractivity contribution is 0.415. The van der Waals surface area contributed by atoms with Crippen LogP contribution in [0.2, 0.25) is 0 Å². The molecule has 3 aromatic carbocycles. The lowest BCUT2D eigenvalue weighted by Crippen LogP contribution is -2.11. The first-order chi connectivity index (χ1) is 14.7. The van der Waals surface area contributed by atoms with Crippen LogP contribution >= 0.6 is 0 Å². The highest BCUT2D eigenvalue weighted by Gasteiger charge is 2.13. The Balaban J connectivity index is 1.78. The van der Waals surface area contributed by atoms with Crippen LogP contribution in [0.3, 0.4) is 0 Å². The Morgan fingerprint density at radius 3 is 2.17 bits per heavy atom. The lowest BCUT2D eigenvalue weighted by Gasteiger charge is -2.12. The zero-order chi connectivity index (χ0) is 20.9. The molecule has 0 atom stereocenters. The number of hydrogen-bond donors (Lipinski definition) is 1. The Morgan fingerprint density at radius 1 is 0.867 bits per heavy atom. The highest BCUT2D eigenvalue weighted by Crippen LogP contribution is 2.29. The second kappa shape index (κ2) is 8.53. The maximum atomic E-state index is 12.7. The average molecular weight is 400 g/mol. The second-order valence-corrected chi connectivity index (χ2v) is 6.48. The van der Waals surface area contributed by atoms with E-state index in [-0.39, 0.29) is 0 Å². The van der Waals surface area contributed by atoms with E-state index in [0.717, 1.165) is 22.6 Å². The van der Waals surface area contributed by atoms with E-state index in [1.54, 1.807) is 20.3 Å². The third-order valence-electron chi connectivity index (χ3n) is 4.62. The summed E-state index contributed by atoms with van der Waals surface area (Å²) < 4.78 is 15.9. The van der Waals surface area contributed by atoms with Gasteiger partial charge in [0.2, 0.25) is 0 Å². The fourth-order valence-electron chi connectivity index (χ4n) is 3.04. The van der Waals surface area contributed by atoms with Crippen LogP contribution in [-0.4, -0.2) is 20.4 Å². The number of rotatable bonds is 6. The van der Waals surface area contributed by atoms with Crippen molar-refractivity contribution in [2.75, 3.05) is 19.5 Å². The van der Waals surface area contributed by atoms with Crippen molar-refractivity contribution >= 4 is 34.2 Å². The SMILES string of the molecule is COc1ccc(/N=C/c2c(Nc3ccc(OC)cc3)c3ccccc3oc2=O)cc1. The first-order valence-corrected chi connectivity index (χ1v) is 9.33. The van der Waals surface area contributed by atoms with Crippen LogP contribution in [0.1, 0.15) is 5.56 Å². The molecule has 6 nitrogen and oxygen atoms in total. The van der Waals surface area contributed by atoms with Gasteiger partial charge in [0, 0.05) is 17.3 Å². The average Bonchev–Trinajstić information content (AvgIpc) is 2.79. The van der Waals surface area contributed by atoms with Crippen molar-refractivity contribution in [3.05, 3.63) is 88.8 Å². The van der Waals surface area contributed by atoms with E-state index >= 15 is 0 Å². The van der Waals surface area contributed by atoms with E-state index in [1.807, 2.05) is 66.7 Å². The predicted molar refractivity (Wildman–Crippen MR) is 119 cm³/mol. The van der Waals surface area contributed by atoms with Crippen LogP contribution in [0.15, 0.2) is 87.0 Å². The minimum absolute atomic E-state index is 0.334. The molecule has 1 heterocycles. The molecule has 0 aliphatic carbocycles. The van der Waals surface area contributed by atoms with Gasteiger partial charge >= 0.3 is 5.63 Å². The smallest absolute Gasteiger partial charge is 0.347 e. The van der Waals surface area contributed by atoms with Crippen LogP contribution in [0.25, 0.3) is 11.0 Å². The zero-order valence-electron chi connectivity index (χ0n) is 16.6. The van der Waals surface area contributed by atoms with Gasteiger partial charge in [0.15, 0.2) is 0 Å². The summed E-state index contributed by atoms with van der Waals surface area (Å²) in [5, 5.41) is 4.12. The van der Waals surface area contributed by atoms with E-state index in [9.17, 15) is 4.79 Å². The maximum Gasteiger partial charge on any atom is 0.347 e. The molecular formula is C24H20N2O4. The molecular weight excluding hydrogens is 380 g/mol. The summed E-state index contributed by atoms with van der Waals surface area (Å²) in [7, 11) is 3.22. The summed E-state index contributed by atoms with van der Waals surface area (Å²) in [5.41, 5.74) is 2.50. The van der Waals surface area contributed by atoms with Crippen molar-refractivity contribution < 1.29 is 13.9 Å². The molecule has 1 N–H and O–H groups in total. The number of nitrogens with one attached hydrogen (secondary N) is 1. The van der Waals surface area contributed by atoms with Gasteiger partial charge in [0.1, 0.15) is 22.6 Å². The van der Waals surface area contributed by atoms with Gasteiger partial charge in [-0.2, -0.15) is 0 Å². The number of aliphatic imine (C=N–C) groups is 1. The fraction of sp³-hybridized carbons (Fsp3) is 0.0833. The molecule has 0 saturated heterocycles. The minimum atomic E-state index is -0.470. The molecule has 4 rings (SSSR count). The van der Waals surface area contributed by atoms with Crippen molar-refractivity contribution in [3.8, 4) is 11.5 Å². The number of anilines is 2. The molecule has 0 aliphatic heterocycles. The summed E-state index contributed by atoms with van der Waals surface area (Å²) in [6.07, 6.45) is 1.52. The molecule has 0 unspecified atom stereocenters. The van der Waals surface area contributed by atoms with Gasteiger partial charge in [-0.25, -0.2) is 4.79 Å². The Bertz CT molecular complexity index is 1240. The summed E-state index contributed by atoms with van der Waals surface area (Å²) in [6, 6.07) is 22.1. The standard InChI is InChI=1S/C24H20N2O4/c1-28-18-11-7-16(8-12-18)25-15-21-23(26-17-9-13-19(29-2)14-10-17)20-5-3-4-6-22(20)30-24(21)27/h3-15,26H,1-2H3/b25-15+. The fourth-order valence-corrected chi connectivity index (χ4v) is 3.04. The van der Waals surface area contributed by atoms with Crippen molar-refractivity contribution in [2.45, 2.75) is 0 Å². The van der Waals surface area contributed by atoms with E-state index in [0.29, 0.717) is 22.5 Å². The van der Waals surface area contributed by atoms with Crippen LogP contribution < -0.4 is 20.4 Å². The number of nitrogens with zero attached hydrogens (tertiary/aromatic N) is 1. The van der Waals surface area contributed by atoms with Gasteiger partial charge in [0.25, 0.3) is 0 Å². The highest BCUT2D eigenvalue weighted by molar-refractivity contribution is 6.02. The van der Waals surface area contributed by atoms with Crippen LogP contribution in [0, 0.1) is 0 Å². The van der Waals surface area contributed by atoms with Gasteiger partial charge in [-0.1, -0.05) is 12.1 Å². The second-order valence-electron chi connectivity index (χ2n) is 6.48. The molecule has 0 aliphatic rings. The number of methoxy groups -OCH3 is 2. The van der Waals surface area contributed by atoms with E-state index < -0.39 is 5.63 Å². The minimum Gasteiger partial charge on any atom is -0.497 e. The molecule has 150 valence electrons.